The number of aliphatic hydroxyl groups is 1. The first kappa shape index (κ1) is 16.7. The van der Waals surface area contributed by atoms with E-state index in [0.29, 0.717) is 36.7 Å². The highest BCUT2D eigenvalue weighted by molar-refractivity contribution is 5.96. The highest BCUT2D eigenvalue weighted by atomic mass is 16.6. The van der Waals surface area contributed by atoms with Crippen LogP contribution in [0.3, 0.4) is 0 Å². The predicted octanol–water partition coefficient (Wildman–Crippen LogP) is 2.04. The van der Waals surface area contributed by atoms with Crippen molar-refractivity contribution in [2.75, 3.05) is 31.1 Å². The van der Waals surface area contributed by atoms with E-state index in [2.05, 4.69) is 6.92 Å². The monoisotopic (exact) mass is 333 g/mol. The van der Waals surface area contributed by atoms with Gasteiger partial charge in [-0.15, -0.1) is 0 Å². The van der Waals surface area contributed by atoms with Crippen molar-refractivity contribution in [2.24, 2.45) is 5.92 Å². The Kier molecular flexibility index (Phi) is 4.71. The Morgan fingerprint density at radius 2 is 1.96 bits per heavy atom. The second kappa shape index (κ2) is 6.76. The fourth-order valence-electron chi connectivity index (χ4n) is 3.43. The third-order valence-electron chi connectivity index (χ3n) is 4.99. The van der Waals surface area contributed by atoms with Crippen LogP contribution in [0.1, 0.15) is 36.5 Å². The second-order valence-corrected chi connectivity index (χ2v) is 6.82. The van der Waals surface area contributed by atoms with Crippen LogP contribution < -0.4 is 4.90 Å². The lowest BCUT2D eigenvalue weighted by molar-refractivity contribution is -0.384. The van der Waals surface area contributed by atoms with Crippen molar-refractivity contribution in [3.8, 4) is 0 Å². The number of anilines is 1. The van der Waals surface area contributed by atoms with Gasteiger partial charge < -0.3 is 14.9 Å². The van der Waals surface area contributed by atoms with Gasteiger partial charge in [0.1, 0.15) is 5.69 Å². The van der Waals surface area contributed by atoms with E-state index in [-0.39, 0.29) is 11.6 Å². The summed E-state index contributed by atoms with van der Waals surface area (Å²) in [5.41, 5.74) is 0.880. The number of benzene rings is 1. The summed E-state index contributed by atoms with van der Waals surface area (Å²) in [5.74, 6) is 0.385. The lowest BCUT2D eigenvalue weighted by Crippen LogP contribution is -2.33. The van der Waals surface area contributed by atoms with E-state index >= 15 is 0 Å². The van der Waals surface area contributed by atoms with Gasteiger partial charge in [-0.05, 0) is 37.3 Å². The van der Waals surface area contributed by atoms with Crippen LogP contribution in [0.25, 0.3) is 0 Å². The molecule has 7 nitrogen and oxygen atoms in total. The van der Waals surface area contributed by atoms with Gasteiger partial charge in [0, 0.05) is 37.8 Å². The summed E-state index contributed by atoms with van der Waals surface area (Å²) in [6.07, 6.45) is 2.09. The minimum absolute atomic E-state index is 0.0184. The molecule has 130 valence electrons. The Morgan fingerprint density at radius 3 is 2.54 bits per heavy atom. The number of piperidine rings is 1. The number of nitrogens with zero attached hydrogens (tertiary/aromatic N) is 3. The minimum Gasteiger partial charge on any atom is -0.391 e. The summed E-state index contributed by atoms with van der Waals surface area (Å²) in [6.45, 7) is 4.57. The number of carbonyl (C=O) groups is 1. The average molecular weight is 333 g/mol. The van der Waals surface area contributed by atoms with Gasteiger partial charge in [0.05, 0.1) is 11.0 Å². The number of carbonyl (C=O) groups excluding carboxylic acids is 1. The Hall–Kier alpha value is -2.15. The Morgan fingerprint density at radius 1 is 1.25 bits per heavy atom. The fourth-order valence-corrected chi connectivity index (χ4v) is 3.43. The van der Waals surface area contributed by atoms with E-state index in [9.17, 15) is 20.0 Å². The summed E-state index contributed by atoms with van der Waals surface area (Å²) in [7, 11) is 0. The SMILES string of the molecule is CC1CCN(c2ccc(C(=O)N3CC[C@@H](O)C3)cc2[N+](=O)[O-])CC1. The first-order chi connectivity index (χ1) is 11.5. The van der Waals surface area contributed by atoms with Crippen molar-refractivity contribution >= 4 is 17.3 Å². The number of aliphatic hydroxyl groups excluding tert-OH is 1. The standard InChI is InChI=1S/C17H23N3O4/c1-12-4-7-18(8-5-12)15-3-2-13(10-16(15)20(23)24)17(22)19-9-6-14(21)11-19/h2-3,10,12,14,21H,4-9,11H2,1H3/t14-/m1/s1. The van der Waals surface area contributed by atoms with Crippen molar-refractivity contribution in [3.05, 3.63) is 33.9 Å². The quantitative estimate of drug-likeness (QED) is 0.675. The van der Waals surface area contributed by atoms with Crippen molar-refractivity contribution in [2.45, 2.75) is 32.3 Å². The molecule has 1 aromatic rings. The van der Waals surface area contributed by atoms with Gasteiger partial charge in [0.15, 0.2) is 0 Å². The first-order valence-electron chi connectivity index (χ1n) is 8.46. The van der Waals surface area contributed by atoms with Gasteiger partial charge in [-0.2, -0.15) is 0 Å². The number of hydrogen-bond donors (Lipinski definition) is 1. The molecule has 1 atom stereocenters. The predicted molar refractivity (Wildman–Crippen MR) is 90.2 cm³/mol. The molecule has 0 aromatic heterocycles. The molecular weight excluding hydrogens is 310 g/mol. The van der Waals surface area contributed by atoms with Gasteiger partial charge in [-0.1, -0.05) is 6.92 Å². The molecule has 1 amide bonds. The molecule has 0 spiro atoms. The number of nitro groups is 1. The van der Waals surface area contributed by atoms with Gasteiger partial charge in [-0.25, -0.2) is 0 Å². The molecule has 2 aliphatic rings. The van der Waals surface area contributed by atoms with E-state index < -0.39 is 11.0 Å². The molecule has 2 saturated heterocycles. The molecule has 0 saturated carbocycles. The number of β-amino-alcohol motifs (C(OH)–C–C–N with tert-alkyl or cyclic N) is 1. The number of likely N-dealkylation sites (tertiary alicyclic amines) is 1. The summed E-state index contributed by atoms with van der Waals surface area (Å²) in [4.78, 5) is 27.1. The molecule has 24 heavy (non-hydrogen) atoms. The number of hydrogen-bond acceptors (Lipinski definition) is 5. The number of rotatable bonds is 3. The number of amides is 1. The third kappa shape index (κ3) is 3.36. The van der Waals surface area contributed by atoms with Crippen LogP contribution in [0.5, 0.6) is 0 Å². The molecule has 0 bridgehead atoms. The fraction of sp³-hybridized carbons (Fsp3) is 0.588. The molecule has 2 heterocycles. The summed E-state index contributed by atoms with van der Waals surface area (Å²) >= 11 is 0. The Labute approximate surface area is 141 Å². The van der Waals surface area contributed by atoms with Crippen molar-refractivity contribution in [1.82, 2.24) is 4.90 Å². The Balaban J connectivity index is 1.84. The molecule has 0 radical (unpaired) electrons. The highest BCUT2D eigenvalue weighted by Gasteiger charge is 2.28. The van der Waals surface area contributed by atoms with Crippen LogP contribution in [0.4, 0.5) is 11.4 Å². The van der Waals surface area contributed by atoms with Gasteiger partial charge in [0.2, 0.25) is 0 Å². The van der Waals surface area contributed by atoms with Crippen molar-refractivity contribution in [1.29, 1.82) is 0 Å². The van der Waals surface area contributed by atoms with Crippen LogP contribution in [-0.2, 0) is 0 Å². The molecule has 2 aliphatic heterocycles. The van der Waals surface area contributed by atoms with Crippen molar-refractivity contribution < 1.29 is 14.8 Å². The molecule has 0 aliphatic carbocycles. The van der Waals surface area contributed by atoms with Crippen LogP contribution in [-0.4, -0.2) is 53.1 Å². The largest absolute Gasteiger partial charge is 0.391 e. The minimum atomic E-state index is -0.501. The molecule has 3 rings (SSSR count). The molecule has 7 heteroatoms. The molecule has 1 N–H and O–H groups in total. The van der Waals surface area contributed by atoms with Crippen LogP contribution in [0.15, 0.2) is 18.2 Å². The summed E-state index contributed by atoms with van der Waals surface area (Å²) in [5, 5.41) is 21.1. The zero-order valence-electron chi connectivity index (χ0n) is 13.9. The average Bonchev–Trinajstić information content (AvgIpc) is 3.01. The molecule has 2 fully saturated rings. The first-order valence-corrected chi connectivity index (χ1v) is 8.46. The molecular formula is C17H23N3O4. The van der Waals surface area contributed by atoms with E-state index in [1.54, 1.807) is 17.0 Å². The van der Waals surface area contributed by atoms with Crippen LogP contribution >= 0.6 is 0 Å². The summed E-state index contributed by atoms with van der Waals surface area (Å²) < 4.78 is 0. The van der Waals surface area contributed by atoms with Crippen LogP contribution in [0.2, 0.25) is 0 Å². The summed E-state index contributed by atoms with van der Waals surface area (Å²) in [6, 6.07) is 4.72. The zero-order chi connectivity index (χ0) is 17.3. The maximum Gasteiger partial charge on any atom is 0.293 e. The van der Waals surface area contributed by atoms with Gasteiger partial charge in [0.25, 0.3) is 11.6 Å². The maximum atomic E-state index is 12.5. The molecule has 1 aromatic carbocycles. The Bertz CT molecular complexity index is 641. The zero-order valence-corrected chi connectivity index (χ0v) is 13.9. The van der Waals surface area contributed by atoms with Crippen molar-refractivity contribution in [3.63, 3.8) is 0 Å². The van der Waals surface area contributed by atoms with E-state index in [1.807, 2.05) is 4.90 Å². The van der Waals surface area contributed by atoms with Gasteiger partial charge in [-0.3, -0.25) is 14.9 Å². The van der Waals surface area contributed by atoms with Gasteiger partial charge >= 0.3 is 0 Å². The van der Waals surface area contributed by atoms with Crippen LogP contribution in [0, 0.1) is 16.0 Å². The molecule has 0 unspecified atom stereocenters. The van der Waals surface area contributed by atoms with E-state index in [0.717, 1.165) is 25.9 Å². The lowest BCUT2D eigenvalue weighted by atomic mass is 9.98. The third-order valence-corrected chi connectivity index (χ3v) is 4.99. The maximum absolute atomic E-state index is 12.5. The number of nitro benzene ring substituents is 1. The second-order valence-electron chi connectivity index (χ2n) is 6.82. The normalized spacial score (nSPS) is 22.0. The smallest absolute Gasteiger partial charge is 0.293 e. The van der Waals surface area contributed by atoms with E-state index in [4.69, 9.17) is 0 Å². The lowest BCUT2D eigenvalue weighted by Gasteiger charge is -2.31. The highest BCUT2D eigenvalue weighted by Crippen LogP contribution is 2.32. The topological polar surface area (TPSA) is 86.9 Å². The van der Waals surface area contributed by atoms with E-state index in [1.165, 1.54) is 6.07 Å².